The first-order valence-electron chi connectivity index (χ1n) is 9.51. The van der Waals surface area contributed by atoms with Gasteiger partial charge in [-0.15, -0.1) is 0 Å². The molecule has 0 bridgehead atoms. The molecule has 0 saturated carbocycles. The first-order valence-corrected chi connectivity index (χ1v) is 9.51. The molecule has 148 valence electrons. The summed E-state index contributed by atoms with van der Waals surface area (Å²) in [6, 6.07) is 13.4. The Morgan fingerprint density at radius 1 is 1.11 bits per heavy atom. The standard InChI is InChI=1S/C22H26FN3O2/c1-16-4-6-17(7-5-16)14-24-20(27)22(2)12-3-13-26(15-22)21(28)25-19-10-8-18(23)9-11-19/h4-11H,3,12-15H2,1-2H3,(H,24,27)(H,25,28)/t22-/m1/s1. The summed E-state index contributed by atoms with van der Waals surface area (Å²) < 4.78 is 13.0. The zero-order chi connectivity index (χ0) is 20.1. The van der Waals surface area contributed by atoms with E-state index in [1.54, 1.807) is 4.90 Å². The van der Waals surface area contributed by atoms with Gasteiger partial charge in [-0.3, -0.25) is 4.79 Å². The SMILES string of the molecule is Cc1ccc(CNC(=O)[C@]2(C)CCCN(C(=O)Nc3ccc(F)cc3)C2)cc1. The average molecular weight is 383 g/mol. The molecule has 3 rings (SSSR count). The Balaban J connectivity index is 1.58. The molecule has 1 aliphatic rings. The van der Waals surface area contributed by atoms with Crippen LogP contribution in [0.15, 0.2) is 48.5 Å². The minimum absolute atomic E-state index is 0.0487. The number of hydrogen-bond donors (Lipinski definition) is 2. The van der Waals surface area contributed by atoms with Crippen LogP contribution in [0.25, 0.3) is 0 Å². The predicted octanol–water partition coefficient (Wildman–Crippen LogP) is 4.08. The number of hydrogen-bond acceptors (Lipinski definition) is 2. The Hall–Kier alpha value is -2.89. The van der Waals surface area contributed by atoms with E-state index in [0.717, 1.165) is 18.4 Å². The van der Waals surface area contributed by atoms with Crippen molar-refractivity contribution >= 4 is 17.6 Å². The normalized spacial score (nSPS) is 19.2. The second-order valence-electron chi connectivity index (χ2n) is 7.69. The maximum atomic E-state index is 13.0. The number of amides is 3. The number of halogens is 1. The van der Waals surface area contributed by atoms with Gasteiger partial charge in [0.05, 0.1) is 5.41 Å². The van der Waals surface area contributed by atoms with Crippen molar-refractivity contribution in [1.29, 1.82) is 0 Å². The van der Waals surface area contributed by atoms with Crippen molar-refractivity contribution in [2.75, 3.05) is 18.4 Å². The summed E-state index contributed by atoms with van der Waals surface area (Å²) in [7, 11) is 0. The molecule has 1 heterocycles. The van der Waals surface area contributed by atoms with Crippen LogP contribution in [-0.4, -0.2) is 29.9 Å². The third-order valence-electron chi connectivity index (χ3n) is 5.20. The summed E-state index contributed by atoms with van der Waals surface area (Å²) >= 11 is 0. The third kappa shape index (κ3) is 4.88. The number of carbonyl (C=O) groups excluding carboxylic acids is 2. The number of anilines is 1. The van der Waals surface area contributed by atoms with Crippen LogP contribution >= 0.6 is 0 Å². The molecule has 1 fully saturated rings. The van der Waals surface area contributed by atoms with Gasteiger partial charge < -0.3 is 15.5 Å². The number of nitrogens with one attached hydrogen (secondary N) is 2. The highest BCUT2D eigenvalue weighted by Crippen LogP contribution is 2.30. The van der Waals surface area contributed by atoms with Crippen molar-refractivity contribution in [3.63, 3.8) is 0 Å². The number of aryl methyl sites for hydroxylation is 1. The van der Waals surface area contributed by atoms with Crippen LogP contribution in [0.5, 0.6) is 0 Å². The zero-order valence-electron chi connectivity index (χ0n) is 16.3. The smallest absolute Gasteiger partial charge is 0.321 e. The fourth-order valence-electron chi connectivity index (χ4n) is 3.44. The predicted molar refractivity (Wildman–Crippen MR) is 107 cm³/mol. The van der Waals surface area contributed by atoms with Gasteiger partial charge >= 0.3 is 6.03 Å². The van der Waals surface area contributed by atoms with Crippen LogP contribution in [0.2, 0.25) is 0 Å². The first-order chi connectivity index (χ1) is 13.4. The van der Waals surface area contributed by atoms with Crippen molar-refractivity contribution in [2.24, 2.45) is 5.41 Å². The van der Waals surface area contributed by atoms with Gasteiger partial charge in [0.25, 0.3) is 0 Å². The Bertz CT molecular complexity index is 836. The lowest BCUT2D eigenvalue weighted by Gasteiger charge is -2.39. The molecule has 6 heteroatoms. The Morgan fingerprint density at radius 2 is 1.79 bits per heavy atom. The number of carbonyl (C=O) groups is 2. The van der Waals surface area contributed by atoms with Crippen LogP contribution in [0, 0.1) is 18.2 Å². The zero-order valence-corrected chi connectivity index (χ0v) is 16.3. The van der Waals surface area contributed by atoms with Gasteiger partial charge in [-0.05, 0) is 56.5 Å². The van der Waals surface area contributed by atoms with Crippen LogP contribution in [0.3, 0.4) is 0 Å². The van der Waals surface area contributed by atoms with Gasteiger partial charge in [0.2, 0.25) is 5.91 Å². The van der Waals surface area contributed by atoms with E-state index in [4.69, 9.17) is 0 Å². The third-order valence-corrected chi connectivity index (χ3v) is 5.20. The molecule has 0 radical (unpaired) electrons. The summed E-state index contributed by atoms with van der Waals surface area (Å²) in [5.74, 6) is -0.402. The molecule has 2 aromatic carbocycles. The summed E-state index contributed by atoms with van der Waals surface area (Å²) in [5, 5.41) is 5.77. The molecule has 28 heavy (non-hydrogen) atoms. The fourth-order valence-corrected chi connectivity index (χ4v) is 3.44. The Morgan fingerprint density at radius 3 is 2.46 bits per heavy atom. The number of rotatable bonds is 4. The second kappa shape index (κ2) is 8.42. The topological polar surface area (TPSA) is 61.4 Å². The van der Waals surface area contributed by atoms with Crippen LogP contribution in [0.1, 0.15) is 30.9 Å². The van der Waals surface area contributed by atoms with Crippen LogP contribution in [-0.2, 0) is 11.3 Å². The van der Waals surface area contributed by atoms with Gasteiger partial charge in [-0.2, -0.15) is 0 Å². The minimum Gasteiger partial charge on any atom is -0.351 e. The highest BCUT2D eigenvalue weighted by atomic mass is 19.1. The molecule has 0 aliphatic carbocycles. The lowest BCUT2D eigenvalue weighted by molar-refractivity contribution is -0.132. The van der Waals surface area contributed by atoms with Crippen molar-refractivity contribution in [3.05, 3.63) is 65.5 Å². The highest BCUT2D eigenvalue weighted by molar-refractivity contribution is 5.90. The van der Waals surface area contributed by atoms with Crippen LogP contribution in [0.4, 0.5) is 14.9 Å². The van der Waals surface area contributed by atoms with E-state index in [0.29, 0.717) is 25.3 Å². The second-order valence-corrected chi connectivity index (χ2v) is 7.69. The van der Waals surface area contributed by atoms with Gasteiger partial charge in [0, 0.05) is 25.3 Å². The summed E-state index contributed by atoms with van der Waals surface area (Å²) in [5.41, 5.74) is 2.12. The maximum Gasteiger partial charge on any atom is 0.321 e. The number of nitrogens with zero attached hydrogens (tertiary/aromatic N) is 1. The lowest BCUT2D eigenvalue weighted by Crippen LogP contribution is -2.52. The van der Waals surface area contributed by atoms with Crippen molar-refractivity contribution in [3.8, 4) is 0 Å². The molecule has 2 aromatic rings. The van der Waals surface area contributed by atoms with Crippen LogP contribution < -0.4 is 10.6 Å². The quantitative estimate of drug-likeness (QED) is 0.836. The molecule has 2 N–H and O–H groups in total. The van der Waals surface area contributed by atoms with E-state index < -0.39 is 5.41 Å². The summed E-state index contributed by atoms with van der Waals surface area (Å²) in [6.45, 7) is 5.33. The van der Waals surface area contributed by atoms with Gasteiger partial charge in [0.1, 0.15) is 5.82 Å². The lowest BCUT2D eigenvalue weighted by atomic mass is 9.81. The minimum atomic E-state index is -0.636. The molecular weight excluding hydrogens is 357 g/mol. The number of likely N-dealkylation sites (tertiary alicyclic amines) is 1. The Labute approximate surface area is 164 Å². The molecule has 1 saturated heterocycles. The van der Waals surface area contributed by atoms with E-state index >= 15 is 0 Å². The largest absolute Gasteiger partial charge is 0.351 e. The van der Waals surface area contributed by atoms with Crippen molar-refractivity contribution < 1.29 is 14.0 Å². The van der Waals surface area contributed by atoms with Crippen molar-refractivity contribution in [1.82, 2.24) is 10.2 Å². The molecular formula is C22H26FN3O2. The van der Waals surface area contributed by atoms with E-state index in [-0.39, 0.29) is 17.8 Å². The number of piperidine rings is 1. The monoisotopic (exact) mass is 383 g/mol. The van der Waals surface area contributed by atoms with Gasteiger partial charge in [-0.1, -0.05) is 29.8 Å². The van der Waals surface area contributed by atoms with E-state index in [2.05, 4.69) is 10.6 Å². The number of benzene rings is 2. The summed E-state index contributed by atoms with van der Waals surface area (Å²) in [6.07, 6.45) is 1.48. The molecule has 0 unspecified atom stereocenters. The van der Waals surface area contributed by atoms with Crippen molar-refractivity contribution in [2.45, 2.75) is 33.2 Å². The average Bonchev–Trinajstić information content (AvgIpc) is 2.69. The maximum absolute atomic E-state index is 13.0. The fraction of sp³-hybridized carbons (Fsp3) is 0.364. The molecule has 0 spiro atoms. The van der Waals surface area contributed by atoms with E-state index in [9.17, 15) is 14.0 Å². The highest BCUT2D eigenvalue weighted by Gasteiger charge is 2.39. The van der Waals surface area contributed by atoms with Gasteiger partial charge in [-0.25, -0.2) is 9.18 Å². The molecule has 0 aromatic heterocycles. The molecule has 1 aliphatic heterocycles. The van der Waals surface area contributed by atoms with Gasteiger partial charge in [0.15, 0.2) is 0 Å². The molecule has 5 nitrogen and oxygen atoms in total. The summed E-state index contributed by atoms with van der Waals surface area (Å²) in [4.78, 5) is 27.0. The molecule has 3 amide bonds. The first kappa shape index (κ1) is 19.9. The molecule has 1 atom stereocenters. The van der Waals surface area contributed by atoms with E-state index in [1.165, 1.54) is 29.8 Å². The Kier molecular flexibility index (Phi) is 5.97. The number of urea groups is 1. The van der Waals surface area contributed by atoms with E-state index in [1.807, 2.05) is 38.1 Å².